The maximum absolute atomic E-state index is 12.9. The lowest BCUT2D eigenvalue weighted by molar-refractivity contribution is -0.142. The average Bonchev–Trinajstić information content (AvgIpc) is 3.14. The molecule has 0 atom stereocenters. The van der Waals surface area contributed by atoms with Crippen LogP contribution in [0.3, 0.4) is 0 Å². The molecule has 1 heterocycles. The average molecular weight is 598 g/mol. The second-order valence-corrected chi connectivity index (χ2v) is 9.28. The molecular weight excluding hydrogens is 572 g/mol. The number of halogens is 2. The number of hydrogen-bond donors (Lipinski definition) is 0. The first-order chi connectivity index (χ1) is 16.2. The van der Waals surface area contributed by atoms with Gasteiger partial charge in [0.25, 0.3) is 0 Å². The standard InChI is InChI=1S/C25H26Br2O7/c1-6-31-20(28)12-19-22(25(29)32-7-2)21-18(34-19)11-16(26)24(23(21)27)33-14-8-9-17(30-5)15(10-14)13(3)4/h8-11,13H,6-7,12H2,1-5H3. The fourth-order valence-electron chi connectivity index (χ4n) is 3.54. The van der Waals surface area contributed by atoms with Crippen LogP contribution in [0.4, 0.5) is 0 Å². The van der Waals surface area contributed by atoms with Crippen LogP contribution in [-0.4, -0.2) is 32.3 Å². The van der Waals surface area contributed by atoms with E-state index in [9.17, 15) is 9.59 Å². The monoisotopic (exact) mass is 596 g/mol. The fourth-order valence-corrected chi connectivity index (χ4v) is 4.98. The zero-order chi connectivity index (χ0) is 25.0. The predicted octanol–water partition coefficient (Wildman–Crippen LogP) is 7.16. The van der Waals surface area contributed by atoms with Gasteiger partial charge in [-0.05, 0) is 75.9 Å². The van der Waals surface area contributed by atoms with E-state index in [1.54, 1.807) is 27.0 Å². The Kier molecular flexibility index (Phi) is 8.65. The molecule has 0 fully saturated rings. The molecule has 3 aromatic rings. The van der Waals surface area contributed by atoms with Gasteiger partial charge in [0, 0.05) is 5.56 Å². The Balaban J connectivity index is 2.14. The molecular formula is C25H26Br2O7. The summed E-state index contributed by atoms with van der Waals surface area (Å²) in [5, 5.41) is 0.452. The fraction of sp³-hybridized carbons (Fsp3) is 0.360. The summed E-state index contributed by atoms with van der Waals surface area (Å²) in [6, 6.07) is 7.27. The lowest BCUT2D eigenvalue weighted by Crippen LogP contribution is -2.12. The van der Waals surface area contributed by atoms with Crippen molar-refractivity contribution in [3.05, 3.63) is 50.1 Å². The lowest BCUT2D eigenvalue weighted by Gasteiger charge is -2.15. The first-order valence-electron chi connectivity index (χ1n) is 10.8. The maximum Gasteiger partial charge on any atom is 0.342 e. The highest BCUT2D eigenvalue weighted by Gasteiger charge is 2.28. The van der Waals surface area contributed by atoms with Crippen molar-refractivity contribution in [2.45, 2.75) is 40.0 Å². The number of ether oxygens (including phenoxy) is 4. The highest BCUT2D eigenvalue weighted by molar-refractivity contribution is 9.11. The number of hydrogen-bond acceptors (Lipinski definition) is 7. The zero-order valence-corrected chi connectivity index (χ0v) is 22.8. The summed E-state index contributed by atoms with van der Waals surface area (Å²) < 4.78 is 29.0. The molecule has 0 aliphatic rings. The predicted molar refractivity (Wildman–Crippen MR) is 135 cm³/mol. The number of rotatable bonds is 9. The van der Waals surface area contributed by atoms with Crippen molar-refractivity contribution in [1.82, 2.24) is 0 Å². The number of fused-ring (bicyclic) bond motifs is 1. The normalized spacial score (nSPS) is 11.1. The Morgan fingerprint density at radius 1 is 1.06 bits per heavy atom. The van der Waals surface area contributed by atoms with Gasteiger partial charge in [0.05, 0.1) is 34.7 Å². The number of esters is 2. The SMILES string of the molecule is CCOC(=O)Cc1oc2cc(Br)c(Oc3ccc(OC)c(C(C)C)c3)c(Br)c2c1C(=O)OCC. The van der Waals surface area contributed by atoms with Crippen LogP contribution in [-0.2, 0) is 20.7 Å². The molecule has 182 valence electrons. The van der Waals surface area contributed by atoms with Gasteiger partial charge in [-0.2, -0.15) is 0 Å². The van der Waals surface area contributed by atoms with E-state index in [0.717, 1.165) is 11.3 Å². The zero-order valence-electron chi connectivity index (χ0n) is 19.6. The van der Waals surface area contributed by atoms with Gasteiger partial charge in [-0.15, -0.1) is 0 Å². The van der Waals surface area contributed by atoms with E-state index < -0.39 is 11.9 Å². The summed E-state index contributed by atoms with van der Waals surface area (Å²) in [7, 11) is 1.63. The summed E-state index contributed by atoms with van der Waals surface area (Å²) in [6.07, 6.45) is -0.201. The molecule has 1 aromatic heterocycles. The molecule has 7 nitrogen and oxygen atoms in total. The Morgan fingerprint density at radius 2 is 1.76 bits per heavy atom. The third-order valence-electron chi connectivity index (χ3n) is 5.03. The Bertz CT molecular complexity index is 1210. The minimum atomic E-state index is -0.596. The largest absolute Gasteiger partial charge is 0.496 e. The summed E-state index contributed by atoms with van der Waals surface area (Å²) in [5.74, 6) is 1.11. The van der Waals surface area contributed by atoms with Crippen molar-refractivity contribution < 1.29 is 33.0 Å². The van der Waals surface area contributed by atoms with Gasteiger partial charge in [0.1, 0.15) is 34.8 Å². The van der Waals surface area contributed by atoms with Crippen LogP contribution in [0.5, 0.6) is 17.2 Å². The molecule has 34 heavy (non-hydrogen) atoms. The molecule has 0 saturated carbocycles. The third-order valence-corrected chi connectivity index (χ3v) is 6.38. The highest BCUT2D eigenvalue weighted by Crippen LogP contribution is 2.45. The van der Waals surface area contributed by atoms with Crippen molar-refractivity contribution in [2.24, 2.45) is 0 Å². The van der Waals surface area contributed by atoms with E-state index >= 15 is 0 Å². The van der Waals surface area contributed by atoms with E-state index in [1.807, 2.05) is 18.2 Å². The van der Waals surface area contributed by atoms with Gasteiger partial charge in [-0.3, -0.25) is 4.79 Å². The number of carbonyl (C=O) groups is 2. The molecule has 0 saturated heterocycles. The van der Waals surface area contributed by atoms with Crippen molar-refractivity contribution in [3.63, 3.8) is 0 Å². The van der Waals surface area contributed by atoms with E-state index in [1.165, 1.54) is 0 Å². The van der Waals surface area contributed by atoms with Gasteiger partial charge >= 0.3 is 11.9 Å². The van der Waals surface area contributed by atoms with Crippen LogP contribution < -0.4 is 9.47 Å². The first-order valence-corrected chi connectivity index (χ1v) is 12.4. The summed E-state index contributed by atoms with van der Waals surface area (Å²) in [4.78, 5) is 25.0. The van der Waals surface area contributed by atoms with Crippen LogP contribution in [0, 0.1) is 0 Å². The van der Waals surface area contributed by atoms with E-state index in [0.29, 0.717) is 31.4 Å². The van der Waals surface area contributed by atoms with Gasteiger partial charge in [0.2, 0.25) is 0 Å². The quantitative estimate of drug-likeness (QED) is 0.242. The van der Waals surface area contributed by atoms with Crippen LogP contribution >= 0.6 is 31.9 Å². The number of furan rings is 1. The number of carbonyl (C=O) groups excluding carboxylic acids is 2. The second-order valence-electron chi connectivity index (χ2n) is 7.64. The minimum Gasteiger partial charge on any atom is -0.496 e. The number of methoxy groups -OCH3 is 1. The first kappa shape index (κ1) is 26.1. The molecule has 0 aliphatic heterocycles. The molecule has 0 amide bonds. The maximum atomic E-state index is 12.9. The molecule has 9 heteroatoms. The Hall–Kier alpha value is -2.52. The molecule has 3 rings (SSSR count). The molecule has 0 spiro atoms. The molecule has 2 aromatic carbocycles. The topological polar surface area (TPSA) is 84.2 Å². The second kappa shape index (κ2) is 11.3. The molecule has 0 unspecified atom stereocenters. The van der Waals surface area contributed by atoms with Gasteiger partial charge in [0.15, 0.2) is 5.75 Å². The smallest absolute Gasteiger partial charge is 0.342 e. The van der Waals surface area contributed by atoms with Crippen LogP contribution in [0.25, 0.3) is 11.0 Å². The van der Waals surface area contributed by atoms with Crippen LogP contribution in [0.15, 0.2) is 37.6 Å². The summed E-state index contributed by atoms with van der Waals surface area (Å²) in [6.45, 7) is 7.96. The van der Waals surface area contributed by atoms with Crippen molar-refractivity contribution in [1.29, 1.82) is 0 Å². The van der Waals surface area contributed by atoms with E-state index in [4.69, 9.17) is 23.4 Å². The van der Waals surface area contributed by atoms with Gasteiger partial charge in [-0.1, -0.05) is 13.8 Å². The van der Waals surface area contributed by atoms with E-state index in [-0.39, 0.29) is 36.9 Å². The Labute approximate surface area is 214 Å². The summed E-state index contributed by atoms with van der Waals surface area (Å²) in [5.41, 5.74) is 1.55. The molecule has 0 aliphatic carbocycles. The lowest BCUT2D eigenvalue weighted by atomic mass is 10.0. The number of benzene rings is 2. The molecule has 0 radical (unpaired) electrons. The third kappa shape index (κ3) is 5.41. The summed E-state index contributed by atoms with van der Waals surface area (Å²) >= 11 is 7.11. The van der Waals surface area contributed by atoms with E-state index in [2.05, 4.69) is 45.7 Å². The van der Waals surface area contributed by atoms with Crippen molar-refractivity contribution in [2.75, 3.05) is 20.3 Å². The van der Waals surface area contributed by atoms with Gasteiger partial charge in [-0.25, -0.2) is 4.79 Å². The van der Waals surface area contributed by atoms with Crippen LogP contribution in [0.1, 0.15) is 55.3 Å². The van der Waals surface area contributed by atoms with Crippen molar-refractivity contribution in [3.8, 4) is 17.2 Å². The van der Waals surface area contributed by atoms with Gasteiger partial charge < -0.3 is 23.4 Å². The molecule has 0 bridgehead atoms. The molecule has 0 N–H and O–H groups in total. The minimum absolute atomic E-state index is 0.159. The van der Waals surface area contributed by atoms with Crippen molar-refractivity contribution >= 4 is 54.8 Å². The Morgan fingerprint density at radius 3 is 2.38 bits per heavy atom. The van der Waals surface area contributed by atoms with Crippen LogP contribution in [0.2, 0.25) is 0 Å². The highest BCUT2D eigenvalue weighted by atomic mass is 79.9.